The van der Waals surface area contributed by atoms with Gasteiger partial charge >= 0.3 is 6.01 Å². The predicted molar refractivity (Wildman–Crippen MR) is 82.6 cm³/mol. The van der Waals surface area contributed by atoms with Crippen LogP contribution in [0.15, 0.2) is 6.07 Å². The Labute approximate surface area is 134 Å². The van der Waals surface area contributed by atoms with Crippen LogP contribution in [0.5, 0.6) is 11.9 Å². The summed E-state index contributed by atoms with van der Waals surface area (Å²) in [6, 6.07) is 1.93. The molecule has 2 aliphatic heterocycles. The third-order valence-electron chi connectivity index (χ3n) is 4.71. The number of carbonyl (C=O) groups is 1. The van der Waals surface area contributed by atoms with Gasteiger partial charge in [0.05, 0.1) is 25.7 Å². The SMILES string of the molecule is COc1cc(N2CC[C@H](O)[C@@]3(CCCNC3=O)C2)nc(OC)n1. The van der Waals surface area contributed by atoms with Gasteiger partial charge in [-0.05, 0) is 19.3 Å². The average molecular weight is 322 g/mol. The van der Waals surface area contributed by atoms with E-state index < -0.39 is 11.5 Å². The molecule has 8 nitrogen and oxygen atoms in total. The standard InChI is InChI=1S/C15H22N4O4/c1-22-12-8-11(17-14(18-12)23-2)19-7-4-10(20)15(9-19)5-3-6-16-13(15)21/h8,10,20H,3-7,9H2,1-2H3,(H,16,21)/t10-,15+/m0/s1. The molecule has 0 radical (unpaired) electrons. The first-order valence-corrected chi connectivity index (χ1v) is 7.77. The van der Waals surface area contributed by atoms with E-state index in [9.17, 15) is 9.90 Å². The van der Waals surface area contributed by atoms with Gasteiger partial charge in [-0.2, -0.15) is 9.97 Å². The van der Waals surface area contributed by atoms with Crippen molar-refractivity contribution in [2.45, 2.75) is 25.4 Å². The molecule has 1 aromatic rings. The number of aromatic nitrogens is 2. The Kier molecular flexibility index (Phi) is 4.25. The number of methoxy groups -OCH3 is 2. The maximum Gasteiger partial charge on any atom is 0.321 e. The number of anilines is 1. The summed E-state index contributed by atoms with van der Waals surface area (Å²) < 4.78 is 10.3. The van der Waals surface area contributed by atoms with Crippen molar-refractivity contribution in [2.24, 2.45) is 5.41 Å². The van der Waals surface area contributed by atoms with Crippen LogP contribution in [0, 0.1) is 5.41 Å². The molecule has 0 saturated carbocycles. The Bertz CT molecular complexity index is 575. The van der Waals surface area contributed by atoms with Crippen LogP contribution < -0.4 is 19.7 Å². The lowest BCUT2D eigenvalue weighted by molar-refractivity contribution is -0.142. The van der Waals surface area contributed by atoms with E-state index >= 15 is 0 Å². The summed E-state index contributed by atoms with van der Waals surface area (Å²) in [5, 5.41) is 13.3. The molecule has 2 saturated heterocycles. The lowest BCUT2D eigenvalue weighted by Crippen LogP contribution is -2.61. The maximum absolute atomic E-state index is 12.4. The van der Waals surface area contributed by atoms with E-state index in [1.165, 1.54) is 14.2 Å². The largest absolute Gasteiger partial charge is 0.481 e. The van der Waals surface area contributed by atoms with Crippen molar-refractivity contribution in [3.05, 3.63) is 6.07 Å². The summed E-state index contributed by atoms with van der Waals surface area (Å²) in [4.78, 5) is 22.9. The first-order valence-electron chi connectivity index (χ1n) is 7.77. The molecule has 0 unspecified atom stereocenters. The Morgan fingerprint density at radius 2 is 2.22 bits per heavy atom. The van der Waals surface area contributed by atoms with E-state index in [1.54, 1.807) is 6.07 Å². The lowest BCUT2D eigenvalue weighted by Gasteiger charge is -2.47. The van der Waals surface area contributed by atoms with Crippen molar-refractivity contribution < 1.29 is 19.4 Å². The molecular formula is C15H22N4O4. The fraction of sp³-hybridized carbons (Fsp3) is 0.667. The number of amides is 1. The van der Waals surface area contributed by atoms with Crippen LogP contribution in [-0.2, 0) is 4.79 Å². The van der Waals surface area contributed by atoms with Crippen LogP contribution in [-0.4, -0.2) is 60.9 Å². The van der Waals surface area contributed by atoms with Gasteiger partial charge < -0.3 is 24.8 Å². The Hall–Kier alpha value is -2.09. The van der Waals surface area contributed by atoms with E-state index in [0.717, 1.165) is 6.42 Å². The van der Waals surface area contributed by atoms with Crippen LogP contribution in [0.4, 0.5) is 5.82 Å². The van der Waals surface area contributed by atoms with Gasteiger partial charge in [0.25, 0.3) is 0 Å². The van der Waals surface area contributed by atoms with Gasteiger partial charge in [0.1, 0.15) is 5.82 Å². The number of rotatable bonds is 3. The first-order chi connectivity index (χ1) is 11.1. The van der Waals surface area contributed by atoms with Gasteiger partial charge in [-0.3, -0.25) is 4.79 Å². The molecular weight excluding hydrogens is 300 g/mol. The predicted octanol–water partition coefficient (Wildman–Crippen LogP) is -0.0388. The summed E-state index contributed by atoms with van der Waals surface area (Å²) >= 11 is 0. The Morgan fingerprint density at radius 1 is 1.39 bits per heavy atom. The third kappa shape index (κ3) is 2.78. The zero-order valence-electron chi connectivity index (χ0n) is 13.4. The minimum atomic E-state index is -0.776. The van der Waals surface area contributed by atoms with Gasteiger partial charge in [0, 0.05) is 25.7 Å². The van der Waals surface area contributed by atoms with Crippen molar-refractivity contribution in [3.8, 4) is 11.9 Å². The summed E-state index contributed by atoms with van der Waals surface area (Å²) in [6.45, 7) is 1.70. The normalized spacial score (nSPS) is 27.7. The highest BCUT2D eigenvalue weighted by atomic mass is 16.5. The fourth-order valence-electron chi connectivity index (χ4n) is 3.39. The van der Waals surface area contributed by atoms with E-state index in [1.807, 2.05) is 4.90 Å². The molecule has 126 valence electrons. The Morgan fingerprint density at radius 3 is 2.91 bits per heavy atom. The van der Waals surface area contributed by atoms with Gasteiger partial charge in [-0.25, -0.2) is 0 Å². The highest BCUT2D eigenvalue weighted by Gasteiger charge is 2.50. The monoisotopic (exact) mass is 322 g/mol. The number of nitrogens with zero attached hydrogens (tertiary/aromatic N) is 3. The van der Waals surface area contributed by atoms with Crippen molar-refractivity contribution >= 4 is 11.7 Å². The minimum absolute atomic E-state index is 0.0751. The molecule has 0 aromatic carbocycles. The van der Waals surface area contributed by atoms with Crippen LogP contribution >= 0.6 is 0 Å². The molecule has 3 heterocycles. The topological polar surface area (TPSA) is 96.8 Å². The highest BCUT2D eigenvalue weighted by molar-refractivity contribution is 5.85. The van der Waals surface area contributed by atoms with Crippen LogP contribution in [0.2, 0.25) is 0 Å². The quantitative estimate of drug-likeness (QED) is 0.806. The van der Waals surface area contributed by atoms with Crippen molar-refractivity contribution in [1.82, 2.24) is 15.3 Å². The van der Waals surface area contributed by atoms with Crippen LogP contribution in [0.3, 0.4) is 0 Å². The molecule has 1 aromatic heterocycles. The molecule has 0 bridgehead atoms. The number of nitrogens with one attached hydrogen (secondary N) is 1. The number of aliphatic hydroxyl groups excluding tert-OH is 1. The number of carbonyl (C=O) groups excluding carboxylic acids is 1. The summed E-state index contributed by atoms with van der Waals surface area (Å²) in [5.41, 5.74) is -0.776. The average Bonchev–Trinajstić information content (AvgIpc) is 2.59. The molecule has 1 amide bonds. The number of ether oxygens (including phenoxy) is 2. The van der Waals surface area contributed by atoms with Crippen molar-refractivity contribution in [2.75, 3.05) is 38.8 Å². The molecule has 2 atom stereocenters. The molecule has 2 N–H and O–H groups in total. The van der Waals surface area contributed by atoms with Gasteiger partial charge in [0.15, 0.2) is 0 Å². The zero-order valence-corrected chi connectivity index (χ0v) is 13.4. The minimum Gasteiger partial charge on any atom is -0.481 e. The van der Waals surface area contributed by atoms with Crippen LogP contribution in [0.1, 0.15) is 19.3 Å². The zero-order chi connectivity index (χ0) is 16.4. The molecule has 8 heteroatoms. The van der Waals surface area contributed by atoms with E-state index in [2.05, 4.69) is 15.3 Å². The second-order valence-corrected chi connectivity index (χ2v) is 6.00. The molecule has 2 fully saturated rings. The number of aliphatic hydroxyl groups is 1. The van der Waals surface area contributed by atoms with E-state index in [4.69, 9.17) is 9.47 Å². The first kappa shape index (κ1) is 15.8. The van der Waals surface area contributed by atoms with Gasteiger partial charge in [0.2, 0.25) is 11.8 Å². The summed E-state index contributed by atoms with van der Waals surface area (Å²) in [7, 11) is 3.02. The van der Waals surface area contributed by atoms with Gasteiger partial charge in [-0.1, -0.05) is 0 Å². The number of hydrogen-bond acceptors (Lipinski definition) is 7. The number of piperidine rings is 2. The molecule has 2 aliphatic rings. The van der Waals surface area contributed by atoms with E-state index in [0.29, 0.717) is 44.2 Å². The molecule has 3 rings (SSSR count). The van der Waals surface area contributed by atoms with Crippen molar-refractivity contribution in [1.29, 1.82) is 0 Å². The highest BCUT2D eigenvalue weighted by Crippen LogP contribution is 2.39. The van der Waals surface area contributed by atoms with Gasteiger partial charge in [-0.15, -0.1) is 0 Å². The van der Waals surface area contributed by atoms with E-state index in [-0.39, 0.29) is 11.9 Å². The van der Waals surface area contributed by atoms with Crippen molar-refractivity contribution in [3.63, 3.8) is 0 Å². The molecule has 1 spiro atoms. The Balaban J connectivity index is 1.90. The maximum atomic E-state index is 12.4. The second-order valence-electron chi connectivity index (χ2n) is 6.00. The molecule has 23 heavy (non-hydrogen) atoms. The van der Waals surface area contributed by atoms with Crippen LogP contribution in [0.25, 0.3) is 0 Å². The summed E-state index contributed by atoms with van der Waals surface area (Å²) in [5.74, 6) is 0.965. The second kappa shape index (κ2) is 6.19. The lowest BCUT2D eigenvalue weighted by atomic mass is 9.71. The fourth-order valence-corrected chi connectivity index (χ4v) is 3.39. The smallest absolute Gasteiger partial charge is 0.321 e. The molecule has 0 aliphatic carbocycles. The third-order valence-corrected chi connectivity index (χ3v) is 4.71. The number of hydrogen-bond donors (Lipinski definition) is 2. The summed E-state index contributed by atoms with van der Waals surface area (Å²) in [6.07, 6.45) is 1.43.